The lowest BCUT2D eigenvalue weighted by atomic mass is 10.2. The number of carbonyl (C=O) groups is 1. The first-order valence-electron chi connectivity index (χ1n) is 6.99. The Labute approximate surface area is 132 Å². The molecule has 1 aromatic carbocycles. The molecule has 1 amide bonds. The second-order valence-corrected chi connectivity index (χ2v) is 4.86. The number of nitrogens with zero attached hydrogens (tertiary/aromatic N) is 1. The Morgan fingerprint density at radius 3 is 2.70 bits per heavy atom. The van der Waals surface area contributed by atoms with Gasteiger partial charge in [-0.3, -0.25) is 9.78 Å². The lowest BCUT2D eigenvalue weighted by Gasteiger charge is -2.08. The Bertz CT molecular complexity index is 786. The second kappa shape index (κ2) is 6.74. The Morgan fingerprint density at radius 1 is 1.13 bits per heavy atom. The lowest BCUT2D eigenvalue weighted by Crippen LogP contribution is -2.22. The van der Waals surface area contributed by atoms with Crippen molar-refractivity contribution in [3.05, 3.63) is 78.3 Å². The molecular weight excluding hydrogens is 297 g/mol. The standard InChI is InChI=1S/C17H14FN3O2/c18-13-3-5-14(6-4-13)21-15-8-12(9-19-10-15)17(22)20-11-16-2-1-7-23-16/h1-10,21H,11H2,(H,20,22). The molecule has 3 rings (SSSR count). The van der Waals surface area contributed by atoms with E-state index in [0.29, 0.717) is 29.2 Å². The van der Waals surface area contributed by atoms with Crippen LogP contribution in [0.15, 0.2) is 65.5 Å². The van der Waals surface area contributed by atoms with Crippen molar-refractivity contribution >= 4 is 17.3 Å². The fraction of sp³-hybridized carbons (Fsp3) is 0.0588. The lowest BCUT2D eigenvalue weighted by molar-refractivity contribution is 0.0947. The highest BCUT2D eigenvalue weighted by Crippen LogP contribution is 2.17. The molecule has 0 bridgehead atoms. The molecule has 0 spiro atoms. The third kappa shape index (κ3) is 3.94. The van der Waals surface area contributed by atoms with Crippen LogP contribution in [-0.4, -0.2) is 10.9 Å². The minimum atomic E-state index is -0.306. The average molecular weight is 311 g/mol. The Hall–Kier alpha value is -3.15. The molecule has 6 heteroatoms. The summed E-state index contributed by atoms with van der Waals surface area (Å²) in [5, 5.41) is 5.82. The van der Waals surface area contributed by atoms with Gasteiger partial charge < -0.3 is 15.1 Å². The maximum atomic E-state index is 12.9. The van der Waals surface area contributed by atoms with Gasteiger partial charge in [-0.25, -0.2) is 4.39 Å². The van der Waals surface area contributed by atoms with Gasteiger partial charge in [0.05, 0.1) is 30.3 Å². The van der Waals surface area contributed by atoms with Crippen LogP contribution in [0.25, 0.3) is 0 Å². The number of halogens is 1. The molecule has 0 atom stereocenters. The van der Waals surface area contributed by atoms with Crippen LogP contribution in [-0.2, 0) is 6.54 Å². The molecule has 5 nitrogen and oxygen atoms in total. The van der Waals surface area contributed by atoms with E-state index in [0.717, 1.165) is 0 Å². The van der Waals surface area contributed by atoms with Gasteiger partial charge in [0.25, 0.3) is 5.91 Å². The summed E-state index contributed by atoms with van der Waals surface area (Å²) in [5.41, 5.74) is 1.77. The Kier molecular flexibility index (Phi) is 4.33. The van der Waals surface area contributed by atoms with Gasteiger partial charge in [0, 0.05) is 11.9 Å². The number of anilines is 2. The molecule has 0 fully saturated rings. The predicted octanol–water partition coefficient (Wildman–Crippen LogP) is 3.49. The number of pyridine rings is 1. The van der Waals surface area contributed by atoms with E-state index in [2.05, 4.69) is 15.6 Å². The highest BCUT2D eigenvalue weighted by Gasteiger charge is 2.08. The summed E-state index contributed by atoms with van der Waals surface area (Å²) < 4.78 is 18.1. The highest BCUT2D eigenvalue weighted by molar-refractivity contribution is 5.94. The van der Waals surface area contributed by atoms with Gasteiger partial charge in [-0.2, -0.15) is 0 Å². The van der Waals surface area contributed by atoms with Crippen molar-refractivity contribution in [1.29, 1.82) is 0 Å². The number of aromatic nitrogens is 1. The zero-order valence-electron chi connectivity index (χ0n) is 12.1. The molecule has 0 aliphatic heterocycles. The van der Waals surface area contributed by atoms with Gasteiger partial charge in [-0.1, -0.05) is 0 Å². The first-order valence-corrected chi connectivity index (χ1v) is 6.99. The first-order chi connectivity index (χ1) is 11.2. The number of rotatable bonds is 5. The number of benzene rings is 1. The van der Waals surface area contributed by atoms with Gasteiger partial charge in [0.15, 0.2) is 0 Å². The molecule has 3 aromatic rings. The molecule has 0 unspecified atom stereocenters. The highest BCUT2D eigenvalue weighted by atomic mass is 19.1. The van der Waals surface area contributed by atoms with Crippen LogP contribution in [0.4, 0.5) is 15.8 Å². The van der Waals surface area contributed by atoms with Crippen molar-refractivity contribution in [1.82, 2.24) is 10.3 Å². The van der Waals surface area contributed by atoms with E-state index in [1.54, 1.807) is 42.8 Å². The summed E-state index contributed by atoms with van der Waals surface area (Å²) in [4.78, 5) is 16.2. The maximum Gasteiger partial charge on any atom is 0.253 e. The fourth-order valence-electron chi connectivity index (χ4n) is 2.01. The Morgan fingerprint density at radius 2 is 1.96 bits per heavy atom. The third-order valence-corrected chi connectivity index (χ3v) is 3.14. The van der Waals surface area contributed by atoms with Gasteiger partial charge in [-0.05, 0) is 42.5 Å². The van der Waals surface area contributed by atoms with Crippen LogP contribution in [0.1, 0.15) is 16.1 Å². The predicted molar refractivity (Wildman–Crippen MR) is 83.8 cm³/mol. The topological polar surface area (TPSA) is 67.2 Å². The number of hydrogen-bond donors (Lipinski definition) is 2. The van der Waals surface area contributed by atoms with Crippen molar-refractivity contribution < 1.29 is 13.6 Å². The van der Waals surface area contributed by atoms with E-state index in [-0.39, 0.29) is 11.7 Å². The van der Waals surface area contributed by atoms with Crippen LogP contribution in [0.5, 0.6) is 0 Å². The maximum absolute atomic E-state index is 12.9. The van der Waals surface area contributed by atoms with Crippen molar-refractivity contribution in [3.8, 4) is 0 Å². The van der Waals surface area contributed by atoms with Gasteiger partial charge >= 0.3 is 0 Å². The summed E-state index contributed by atoms with van der Waals surface area (Å²) in [7, 11) is 0. The normalized spacial score (nSPS) is 10.3. The molecule has 2 aromatic heterocycles. The molecule has 116 valence electrons. The van der Waals surface area contributed by atoms with E-state index < -0.39 is 0 Å². The van der Waals surface area contributed by atoms with Gasteiger partial charge in [0.1, 0.15) is 11.6 Å². The molecule has 0 aliphatic rings. The summed E-state index contributed by atoms with van der Waals surface area (Å²) in [6, 6.07) is 11.2. The quantitative estimate of drug-likeness (QED) is 0.757. The largest absolute Gasteiger partial charge is 0.467 e. The van der Waals surface area contributed by atoms with E-state index >= 15 is 0 Å². The first kappa shape index (κ1) is 14.8. The fourth-order valence-corrected chi connectivity index (χ4v) is 2.01. The molecule has 0 radical (unpaired) electrons. The van der Waals surface area contributed by atoms with E-state index in [1.165, 1.54) is 18.3 Å². The molecular formula is C17H14FN3O2. The van der Waals surface area contributed by atoms with Crippen LogP contribution < -0.4 is 10.6 Å². The molecule has 0 aliphatic carbocycles. The van der Waals surface area contributed by atoms with Crippen LogP contribution >= 0.6 is 0 Å². The van der Waals surface area contributed by atoms with Crippen molar-refractivity contribution in [2.75, 3.05) is 5.32 Å². The monoisotopic (exact) mass is 311 g/mol. The van der Waals surface area contributed by atoms with Crippen LogP contribution in [0, 0.1) is 5.82 Å². The van der Waals surface area contributed by atoms with Crippen molar-refractivity contribution in [2.45, 2.75) is 6.54 Å². The van der Waals surface area contributed by atoms with Crippen molar-refractivity contribution in [3.63, 3.8) is 0 Å². The summed E-state index contributed by atoms with van der Waals surface area (Å²) in [6.45, 7) is 0.307. The number of furan rings is 1. The summed E-state index contributed by atoms with van der Waals surface area (Å²) in [5.74, 6) is 0.114. The van der Waals surface area contributed by atoms with E-state index in [1.807, 2.05) is 0 Å². The van der Waals surface area contributed by atoms with Crippen LogP contribution in [0.3, 0.4) is 0 Å². The minimum Gasteiger partial charge on any atom is -0.467 e. The zero-order chi connectivity index (χ0) is 16.1. The van der Waals surface area contributed by atoms with Crippen molar-refractivity contribution in [2.24, 2.45) is 0 Å². The molecule has 2 heterocycles. The number of carbonyl (C=O) groups excluding carboxylic acids is 1. The number of amides is 1. The van der Waals surface area contributed by atoms with E-state index in [9.17, 15) is 9.18 Å². The molecule has 23 heavy (non-hydrogen) atoms. The molecule has 0 saturated carbocycles. The second-order valence-electron chi connectivity index (χ2n) is 4.86. The van der Waals surface area contributed by atoms with Gasteiger partial charge in [0.2, 0.25) is 0 Å². The molecule has 2 N–H and O–H groups in total. The summed E-state index contributed by atoms with van der Waals surface area (Å²) >= 11 is 0. The summed E-state index contributed by atoms with van der Waals surface area (Å²) in [6.07, 6.45) is 4.62. The van der Waals surface area contributed by atoms with E-state index in [4.69, 9.17) is 4.42 Å². The minimum absolute atomic E-state index is 0.253. The van der Waals surface area contributed by atoms with Crippen LogP contribution in [0.2, 0.25) is 0 Å². The molecule has 0 saturated heterocycles. The smallest absolute Gasteiger partial charge is 0.253 e. The average Bonchev–Trinajstić information content (AvgIpc) is 3.08. The zero-order valence-corrected chi connectivity index (χ0v) is 12.1. The Balaban J connectivity index is 1.66. The number of hydrogen-bond acceptors (Lipinski definition) is 4. The SMILES string of the molecule is O=C(NCc1ccco1)c1cncc(Nc2ccc(F)cc2)c1. The van der Waals surface area contributed by atoms with Gasteiger partial charge in [-0.15, -0.1) is 0 Å². The number of nitrogens with one attached hydrogen (secondary N) is 2. The third-order valence-electron chi connectivity index (χ3n) is 3.14.